The number of methoxy groups -OCH3 is 1. The van der Waals surface area contributed by atoms with E-state index in [-0.39, 0.29) is 34.8 Å². The molecule has 3 aromatic rings. The number of benzene rings is 2. The van der Waals surface area contributed by atoms with Gasteiger partial charge in [-0.2, -0.15) is 5.10 Å². The molecule has 9 heteroatoms. The van der Waals surface area contributed by atoms with Crippen LogP contribution in [-0.4, -0.2) is 54.2 Å². The molecule has 2 aromatic carbocycles. The quantitative estimate of drug-likeness (QED) is 0.350. The van der Waals surface area contributed by atoms with Gasteiger partial charge in [-0.15, -0.1) is 11.8 Å². The number of aromatic nitrogens is 2. The Kier molecular flexibility index (Phi) is 9.09. The molecular weight excluding hydrogens is 532 g/mol. The van der Waals surface area contributed by atoms with E-state index in [0.717, 1.165) is 33.6 Å². The molecule has 0 spiro atoms. The van der Waals surface area contributed by atoms with Crippen molar-refractivity contribution in [3.63, 3.8) is 0 Å². The molecule has 1 aliphatic rings. The molecule has 0 aliphatic carbocycles. The van der Waals surface area contributed by atoms with Crippen LogP contribution >= 0.6 is 23.4 Å². The van der Waals surface area contributed by atoms with Crippen LogP contribution in [0, 0.1) is 13.8 Å². The fourth-order valence-electron chi connectivity index (χ4n) is 4.78. The van der Waals surface area contributed by atoms with Crippen LogP contribution in [0.4, 0.5) is 5.82 Å². The molecule has 0 bridgehead atoms. The number of ether oxygens (including phenoxy) is 1. The van der Waals surface area contributed by atoms with Gasteiger partial charge in [0.1, 0.15) is 12.4 Å². The smallest absolute Gasteiger partial charge is 0.240 e. The maximum absolute atomic E-state index is 13.8. The van der Waals surface area contributed by atoms with Crippen LogP contribution in [0.25, 0.3) is 5.69 Å². The Balaban J connectivity index is 1.95. The Morgan fingerprint density at radius 2 is 1.95 bits per heavy atom. The molecule has 0 radical (unpaired) electrons. The van der Waals surface area contributed by atoms with Gasteiger partial charge in [-0.1, -0.05) is 56.6 Å². The van der Waals surface area contributed by atoms with E-state index < -0.39 is 0 Å². The van der Waals surface area contributed by atoms with Gasteiger partial charge in [-0.3, -0.25) is 14.5 Å². The third-order valence-corrected chi connectivity index (χ3v) is 8.39. The summed E-state index contributed by atoms with van der Waals surface area (Å²) < 4.78 is 6.97. The van der Waals surface area contributed by atoms with E-state index >= 15 is 0 Å². The van der Waals surface area contributed by atoms with Gasteiger partial charge in [0.25, 0.3) is 0 Å². The Hall–Kier alpha value is -2.81. The predicted octanol–water partition coefficient (Wildman–Crippen LogP) is 5.76. The number of hydrogen-bond acceptors (Lipinski definition) is 5. The molecule has 0 saturated heterocycles. The minimum atomic E-state index is -0.327. The maximum Gasteiger partial charge on any atom is 0.240 e. The van der Waals surface area contributed by atoms with Crippen LogP contribution in [0.5, 0.6) is 0 Å². The molecule has 7 nitrogen and oxygen atoms in total. The monoisotopic (exact) mass is 568 g/mol. The molecule has 208 valence electrons. The average Bonchev–Trinajstić information content (AvgIpc) is 3.21. The molecule has 1 aromatic heterocycles. The van der Waals surface area contributed by atoms with Crippen LogP contribution in [0.2, 0.25) is 5.02 Å². The minimum Gasteiger partial charge on any atom is -0.385 e. The zero-order chi connectivity index (χ0) is 28.3. The second-order valence-electron chi connectivity index (χ2n) is 10.9. The van der Waals surface area contributed by atoms with Crippen molar-refractivity contribution >= 4 is 41.0 Å². The van der Waals surface area contributed by atoms with Gasteiger partial charge in [-0.25, -0.2) is 4.68 Å². The first-order chi connectivity index (χ1) is 18.5. The highest BCUT2D eigenvalue weighted by atomic mass is 35.5. The normalized spacial score (nSPS) is 15.7. The van der Waals surface area contributed by atoms with Gasteiger partial charge in [-0.05, 0) is 55.2 Å². The van der Waals surface area contributed by atoms with Crippen molar-refractivity contribution < 1.29 is 14.3 Å². The first-order valence-electron chi connectivity index (χ1n) is 13.2. The molecule has 2 amide bonds. The van der Waals surface area contributed by atoms with Gasteiger partial charge in [0, 0.05) is 36.3 Å². The topological polar surface area (TPSA) is 76.5 Å². The highest BCUT2D eigenvalue weighted by Gasteiger charge is 2.40. The number of hydrogen-bond donors (Lipinski definition) is 1. The summed E-state index contributed by atoms with van der Waals surface area (Å²) in [7, 11) is 1.63. The zero-order valence-corrected chi connectivity index (χ0v) is 25.1. The van der Waals surface area contributed by atoms with Crippen molar-refractivity contribution in [2.45, 2.75) is 51.7 Å². The molecule has 1 N–H and O–H groups in total. The molecule has 1 atom stereocenters. The average molecular weight is 569 g/mol. The number of halogens is 1. The first-order valence-corrected chi connectivity index (χ1v) is 14.6. The molecule has 4 rings (SSSR count). The second-order valence-corrected chi connectivity index (χ2v) is 12.4. The van der Waals surface area contributed by atoms with E-state index in [9.17, 15) is 9.59 Å². The van der Waals surface area contributed by atoms with Crippen LogP contribution in [0.15, 0.2) is 42.5 Å². The third-order valence-electron chi connectivity index (χ3n) is 6.90. The molecular formula is C30H37ClN4O3S. The van der Waals surface area contributed by atoms with E-state index in [4.69, 9.17) is 21.4 Å². The lowest BCUT2D eigenvalue weighted by Gasteiger charge is -2.25. The van der Waals surface area contributed by atoms with Crippen LogP contribution < -0.4 is 10.2 Å². The van der Waals surface area contributed by atoms with Crippen molar-refractivity contribution in [2.24, 2.45) is 0 Å². The van der Waals surface area contributed by atoms with Gasteiger partial charge in [0.2, 0.25) is 11.8 Å². The van der Waals surface area contributed by atoms with Crippen LogP contribution in [0.3, 0.4) is 0 Å². The number of aryl methyl sites for hydroxylation is 1. The van der Waals surface area contributed by atoms with E-state index in [1.54, 1.807) is 23.8 Å². The number of thioether (sulfide) groups is 1. The lowest BCUT2D eigenvalue weighted by Crippen LogP contribution is -2.42. The number of nitrogens with zero attached hydrogens (tertiary/aromatic N) is 3. The molecule has 1 aliphatic heterocycles. The standard InChI is InChI=1S/C30H37ClN4O3S/c1-19-10-7-13-23(20(19)2)35-29-26(28(33-35)30(3,4)5)27(21-11-8-12-22(31)16-21)39-18-25(37)34(29)17-24(36)32-14-9-15-38-6/h7-8,10-13,16,27H,9,14-15,17-18H2,1-6H3,(H,32,36)/t27-/m1/s1. The Labute approximate surface area is 240 Å². The first kappa shape index (κ1) is 29.2. The van der Waals surface area contributed by atoms with Crippen LogP contribution in [0.1, 0.15) is 60.4 Å². The fraction of sp³-hybridized carbons (Fsp3) is 0.433. The Morgan fingerprint density at radius 3 is 2.64 bits per heavy atom. The molecule has 2 heterocycles. The summed E-state index contributed by atoms with van der Waals surface area (Å²) in [5, 5.41) is 8.57. The number of nitrogens with one attached hydrogen (secondary N) is 1. The minimum absolute atomic E-state index is 0.0955. The van der Waals surface area contributed by atoms with Gasteiger partial charge in [0.15, 0.2) is 0 Å². The maximum atomic E-state index is 13.8. The predicted molar refractivity (Wildman–Crippen MR) is 159 cm³/mol. The van der Waals surface area contributed by atoms with E-state index in [0.29, 0.717) is 30.4 Å². The zero-order valence-electron chi connectivity index (χ0n) is 23.5. The summed E-state index contributed by atoms with van der Waals surface area (Å²) in [6.07, 6.45) is 0.697. The summed E-state index contributed by atoms with van der Waals surface area (Å²) in [5.41, 5.74) is 5.57. The number of carbonyl (C=O) groups is 2. The lowest BCUT2D eigenvalue weighted by molar-refractivity contribution is -0.122. The summed E-state index contributed by atoms with van der Waals surface area (Å²) in [6, 6.07) is 13.8. The van der Waals surface area contributed by atoms with E-state index in [2.05, 4.69) is 46.0 Å². The van der Waals surface area contributed by atoms with Crippen molar-refractivity contribution in [1.82, 2.24) is 15.1 Å². The molecule has 0 saturated carbocycles. The number of carbonyl (C=O) groups excluding carboxylic acids is 2. The van der Waals surface area contributed by atoms with Gasteiger partial charge >= 0.3 is 0 Å². The number of rotatable bonds is 8. The summed E-state index contributed by atoms with van der Waals surface area (Å²) in [4.78, 5) is 28.5. The number of amides is 2. The summed E-state index contributed by atoms with van der Waals surface area (Å²) >= 11 is 7.98. The fourth-order valence-corrected chi connectivity index (χ4v) is 6.17. The van der Waals surface area contributed by atoms with Gasteiger partial charge in [0.05, 0.1) is 22.4 Å². The largest absolute Gasteiger partial charge is 0.385 e. The van der Waals surface area contributed by atoms with E-state index in [1.807, 2.05) is 41.1 Å². The van der Waals surface area contributed by atoms with Crippen molar-refractivity contribution in [1.29, 1.82) is 0 Å². The molecule has 39 heavy (non-hydrogen) atoms. The summed E-state index contributed by atoms with van der Waals surface area (Å²) in [5.74, 6) is 0.507. The van der Waals surface area contributed by atoms with Crippen molar-refractivity contribution in [3.8, 4) is 5.69 Å². The third kappa shape index (κ3) is 6.34. The number of fused-ring (bicyclic) bond motifs is 1. The summed E-state index contributed by atoms with van der Waals surface area (Å²) in [6.45, 7) is 11.4. The Morgan fingerprint density at radius 1 is 1.21 bits per heavy atom. The van der Waals surface area contributed by atoms with Crippen molar-refractivity contribution in [3.05, 3.63) is 75.4 Å². The SMILES string of the molecule is COCCCNC(=O)CN1C(=O)CS[C@H](c2cccc(Cl)c2)c2c(C(C)(C)C)nn(-c3cccc(C)c3C)c21. The lowest BCUT2D eigenvalue weighted by atomic mass is 9.87. The van der Waals surface area contributed by atoms with Crippen LogP contribution in [-0.2, 0) is 19.7 Å². The highest BCUT2D eigenvalue weighted by Crippen LogP contribution is 2.48. The molecule has 0 unspecified atom stereocenters. The highest BCUT2D eigenvalue weighted by molar-refractivity contribution is 8.00. The molecule has 0 fully saturated rings. The second kappa shape index (κ2) is 12.1. The number of anilines is 1. The van der Waals surface area contributed by atoms with E-state index in [1.165, 1.54) is 0 Å². The Bertz CT molecular complexity index is 1360. The van der Waals surface area contributed by atoms with Gasteiger partial charge < -0.3 is 10.1 Å². The van der Waals surface area contributed by atoms with Crippen molar-refractivity contribution in [2.75, 3.05) is 37.5 Å².